The maximum atomic E-state index is 12.3. The SMILES string of the molecule is COc1ccc(C(=O)CNc2nnc(SCc3ccc(C)cc3)s2)cc1Br. The molecular formula is C19H18BrN3O2S2. The van der Waals surface area contributed by atoms with Crippen molar-refractivity contribution in [1.82, 2.24) is 10.2 Å². The molecule has 0 saturated carbocycles. The number of methoxy groups -OCH3 is 1. The molecule has 0 fully saturated rings. The van der Waals surface area contributed by atoms with Gasteiger partial charge in [0.25, 0.3) is 0 Å². The number of halogens is 1. The van der Waals surface area contributed by atoms with E-state index >= 15 is 0 Å². The highest BCUT2D eigenvalue weighted by Crippen LogP contribution is 2.29. The first-order valence-electron chi connectivity index (χ1n) is 8.17. The van der Waals surface area contributed by atoms with Gasteiger partial charge in [-0.3, -0.25) is 4.79 Å². The lowest BCUT2D eigenvalue weighted by atomic mass is 10.1. The molecule has 0 spiro atoms. The van der Waals surface area contributed by atoms with Gasteiger partial charge in [-0.05, 0) is 46.6 Å². The molecule has 1 heterocycles. The molecular weight excluding hydrogens is 446 g/mol. The Bertz CT molecular complexity index is 929. The summed E-state index contributed by atoms with van der Waals surface area (Å²) in [6.45, 7) is 2.24. The number of hydrogen-bond acceptors (Lipinski definition) is 7. The van der Waals surface area contributed by atoms with E-state index in [9.17, 15) is 4.79 Å². The quantitative estimate of drug-likeness (QED) is 0.365. The van der Waals surface area contributed by atoms with Crippen LogP contribution in [0.4, 0.5) is 5.13 Å². The number of Topliss-reactive ketones (excluding diaryl/α,β-unsaturated/α-hetero) is 1. The first kappa shape index (κ1) is 19.9. The van der Waals surface area contributed by atoms with Crippen LogP contribution in [0.2, 0.25) is 0 Å². The first-order valence-corrected chi connectivity index (χ1v) is 10.8. The molecule has 0 aliphatic rings. The summed E-state index contributed by atoms with van der Waals surface area (Å²) in [5, 5.41) is 12.0. The Morgan fingerprint density at radius 2 is 2.00 bits per heavy atom. The fourth-order valence-electron chi connectivity index (χ4n) is 2.27. The predicted molar refractivity (Wildman–Crippen MR) is 114 cm³/mol. The van der Waals surface area contributed by atoms with Crippen molar-refractivity contribution >= 4 is 49.9 Å². The number of thioether (sulfide) groups is 1. The molecule has 0 unspecified atom stereocenters. The van der Waals surface area contributed by atoms with Crippen molar-refractivity contribution in [3.05, 3.63) is 63.6 Å². The molecule has 0 aliphatic heterocycles. The summed E-state index contributed by atoms with van der Waals surface area (Å²) < 4.78 is 6.80. The molecule has 0 radical (unpaired) electrons. The van der Waals surface area contributed by atoms with Gasteiger partial charge in [0.1, 0.15) is 5.75 Å². The van der Waals surface area contributed by atoms with Crippen molar-refractivity contribution in [3.8, 4) is 5.75 Å². The molecule has 5 nitrogen and oxygen atoms in total. The number of hydrogen-bond donors (Lipinski definition) is 1. The molecule has 1 aromatic heterocycles. The molecule has 8 heteroatoms. The van der Waals surface area contributed by atoms with Crippen LogP contribution in [0.25, 0.3) is 0 Å². The van der Waals surface area contributed by atoms with Crippen LogP contribution in [-0.2, 0) is 5.75 Å². The lowest BCUT2D eigenvalue weighted by molar-refractivity contribution is 0.101. The standard InChI is InChI=1S/C19H18BrN3O2S2/c1-12-3-5-13(6-4-12)11-26-19-23-22-18(27-19)21-10-16(24)14-7-8-17(25-2)15(20)9-14/h3-9H,10-11H2,1-2H3,(H,21,22). The molecule has 0 atom stereocenters. The number of rotatable bonds is 8. The van der Waals surface area contributed by atoms with Gasteiger partial charge in [0, 0.05) is 11.3 Å². The molecule has 140 valence electrons. The third-order valence-electron chi connectivity index (χ3n) is 3.76. The highest BCUT2D eigenvalue weighted by Gasteiger charge is 2.11. The predicted octanol–water partition coefficient (Wildman–Crippen LogP) is 5.20. The summed E-state index contributed by atoms with van der Waals surface area (Å²) in [4.78, 5) is 12.3. The Kier molecular flexibility index (Phi) is 6.87. The number of aromatic nitrogens is 2. The van der Waals surface area contributed by atoms with Gasteiger partial charge >= 0.3 is 0 Å². The number of aryl methyl sites for hydroxylation is 1. The van der Waals surface area contributed by atoms with E-state index in [0.29, 0.717) is 16.4 Å². The summed E-state index contributed by atoms with van der Waals surface area (Å²) in [6, 6.07) is 13.7. The zero-order valence-electron chi connectivity index (χ0n) is 14.9. The van der Waals surface area contributed by atoms with Gasteiger partial charge in [-0.2, -0.15) is 0 Å². The minimum atomic E-state index is -0.0255. The van der Waals surface area contributed by atoms with E-state index in [1.54, 1.807) is 37.1 Å². The first-order chi connectivity index (χ1) is 13.0. The van der Waals surface area contributed by atoms with Crippen LogP contribution in [-0.4, -0.2) is 29.6 Å². The lowest BCUT2D eigenvalue weighted by Gasteiger charge is -2.06. The Morgan fingerprint density at radius 1 is 1.22 bits per heavy atom. The maximum absolute atomic E-state index is 12.3. The average molecular weight is 464 g/mol. The molecule has 0 saturated heterocycles. The highest BCUT2D eigenvalue weighted by atomic mass is 79.9. The number of nitrogens with zero attached hydrogens (tertiary/aromatic N) is 2. The number of carbonyl (C=O) groups is 1. The van der Waals surface area contributed by atoms with Gasteiger partial charge in [0.15, 0.2) is 10.1 Å². The van der Waals surface area contributed by atoms with Gasteiger partial charge in [-0.15, -0.1) is 10.2 Å². The summed E-state index contributed by atoms with van der Waals surface area (Å²) in [5.41, 5.74) is 3.10. The molecule has 2 aromatic carbocycles. The van der Waals surface area contributed by atoms with E-state index in [-0.39, 0.29) is 12.3 Å². The van der Waals surface area contributed by atoms with Crippen LogP contribution in [0.5, 0.6) is 5.75 Å². The molecule has 0 bridgehead atoms. The smallest absolute Gasteiger partial charge is 0.206 e. The molecule has 1 N–H and O–H groups in total. The summed E-state index contributed by atoms with van der Waals surface area (Å²) in [6.07, 6.45) is 0. The normalized spacial score (nSPS) is 10.6. The third-order valence-corrected chi connectivity index (χ3v) is 6.47. The zero-order valence-corrected chi connectivity index (χ0v) is 18.1. The van der Waals surface area contributed by atoms with Crippen molar-refractivity contribution < 1.29 is 9.53 Å². The molecule has 3 rings (SSSR count). The number of benzene rings is 2. The second-order valence-corrected chi connectivity index (χ2v) is 8.83. The van der Waals surface area contributed by atoms with Gasteiger partial charge in [0.05, 0.1) is 18.1 Å². The van der Waals surface area contributed by atoms with Crippen molar-refractivity contribution in [2.75, 3.05) is 19.0 Å². The molecule has 0 aliphatic carbocycles. The van der Waals surface area contributed by atoms with Crippen LogP contribution in [0.1, 0.15) is 21.5 Å². The van der Waals surface area contributed by atoms with E-state index in [2.05, 4.69) is 62.6 Å². The van der Waals surface area contributed by atoms with Crippen LogP contribution >= 0.6 is 39.0 Å². The van der Waals surface area contributed by atoms with E-state index in [1.807, 2.05) is 0 Å². The van der Waals surface area contributed by atoms with Crippen LogP contribution < -0.4 is 10.1 Å². The number of ketones is 1. The Hall–Kier alpha value is -1.90. The topological polar surface area (TPSA) is 64.1 Å². The fraction of sp³-hybridized carbons (Fsp3) is 0.211. The van der Waals surface area contributed by atoms with E-state index < -0.39 is 0 Å². The van der Waals surface area contributed by atoms with E-state index in [4.69, 9.17) is 4.74 Å². The summed E-state index contributed by atoms with van der Waals surface area (Å²) in [7, 11) is 1.59. The summed E-state index contributed by atoms with van der Waals surface area (Å²) >= 11 is 6.48. The van der Waals surface area contributed by atoms with Crippen molar-refractivity contribution in [2.45, 2.75) is 17.0 Å². The van der Waals surface area contributed by atoms with Crippen LogP contribution in [0, 0.1) is 6.92 Å². The minimum Gasteiger partial charge on any atom is -0.496 e. The Morgan fingerprint density at radius 3 is 2.70 bits per heavy atom. The minimum absolute atomic E-state index is 0.0255. The van der Waals surface area contributed by atoms with Gasteiger partial charge in [-0.25, -0.2) is 0 Å². The number of ether oxygens (including phenoxy) is 1. The third kappa shape index (κ3) is 5.54. The van der Waals surface area contributed by atoms with Crippen LogP contribution in [0.3, 0.4) is 0 Å². The average Bonchev–Trinajstić information content (AvgIpc) is 3.13. The van der Waals surface area contributed by atoms with Crippen LogP contribution in [0.15, 0.2) is 51.3 Å². The second kappa shape index (κ2) is 9.34. The van der Waals surface area contributed by atoms with Crippen molar-refractivity contribution in [2.24, 2.45) is 0 Å². The van der Waals surface area contributed by atoms with Crippen molar-refractivity contribution in [3.63, 3.8) is 0 Å². The Labute approximate surface area is 174 Å². The van der Waals surface area contributed by atoms with Gasteiger partial charge in [-0.1, -0.05) is 52.9 Å². The van der Waals surface area contributed by atoms with E-state index in [1.165, 1.54) is 22.5 Å². The second-order valence-electron chi connectivity index (χ2n) is 5.77. The van der Waals surface area contributed by atoms with Gasteiger partial charge < -0.3 is 10.1 Å². The summed E-state index contributed by atoms with van der Waals surface area (Å²) in [5.74, 6) is 1.51. The van der Waals surface area contributed by atoms with E-state index in [0.717, 1.165) is 14.6 Å². The fourth-order valence-corrected chi connectivity index (χ4v) is 4.51. The zero-order chi connectivity index (χ0) is 19.2. The Balaban J connectivity index is 1.52. The van der Waals surface area contributed by atoms with Gasteiger partial charge in [0.2, 0.25) is 5.13 Å². The molecule has 0 amide bonds. The molecule has 27 heavy (non-hydrogen) atoms. The lowest BCUT2D eigenvalue weighted by Crippen LogP contribution is -2.13. The number of nitrogens with one attached hydrogen (secondary N) is 1. The number of anilines is 1. The maximum Gasteiger partial charge on any atom is 0.206 e. The highest BCUT2D eigenvalue weighted by molar-refractivity contribution is 9.10. The molecule has 3 aromatic rings. The largest absolute Gasteiger partial charge is 0.496 e. The monoisotopic (exact) mass is 463 g/mol. The van der Waals surface area contributed by atoms with Crippen molar-refractivity contribution in [1.29, 1.82) is 0 Å². The number of carbonyl (C=O) groups excluding carboxylic acids is 1.